The minimum atomic E-state index is -0.969. The van der Waals surface area contributed by atoms with E-state index in [1.807, 2.05) is 0 Å². The zero-order chi connectivity index (χ0) is 17.9. The number of hydrogen-bond donors (Lipinski definition) is 3. The SMILES string of the molecule is Fc1cccc(-c2ccc(C3=NNC(SCc4nn[nH]n4)=NN3)o2)c1F. The molecule has 1 aliphatic rings. The number of H-pyrrole nitrogens is 1. The molecule has 9 nitrogen and oxygen atoms in total. The van der Waals surface area contributed by atoms with Crippen LogP contribution in [0.1, 0.15) is 11.6 Å². The van der Waals surface area contributed by atoms with Crippen molar-refractivity contribution in [1.29, 1.82) is 0 Å². The Morgan fingerprint density at radius 1 is 1.04 bits per heavy atom. The topological polar surface area (TPSA) is 116 Å². The molecule has 132 valence electrons. The van der Waals surface area contributed by atoms with Crippen molar-refractivity contribution in [3.05, 3.63) is 53.6 Å². The van der Waals surface area contributed by atoms with Gasteiger partial charge in [0.2, 0.25) is 11.0 Å². The Hall–Kier alpha value is -3.28. The number of aromatic nitrogens is 4. The number of nitrogens with zero attached hydrogens (tertiary/aromatic N) is 5. The van der Waals surface area contributed by atoms with Crippen LogP contribution >= 0.6 is 11.8 Å². The zero-order valence-corrected chi connectivity index (χ0v) is 13.7. The van der Waals surface area contributed by atoms with Crippen LogP contribution in [-0.2, 0) is 5.75 Å². The fourth-order valence-electron chi connectivity index (χ4n) is 2.11. The van der Waals surface area contributed by atoms with E-state index in [1.165, 1.54) is 30.0 Å². The van der Waals surface area contributed by atoms with Gasteiger partial charge in [0.1, 0.15) is 5.76 Å². The van der Waals surface area contributed by atoms with Crippen LogP contribution < -0.4 is 10.9 Å². The molecule has 0 saturated carbocycles. The molecule has 0 aliphatic carbocycles. The first-order valence-corrected chi connectivity index (χ1v) is 8.26. The van der Waals surface area contributed by atoms with Crippen molar-refractivity contribution in [3.8, 4) is 11.3 Å². The second-order valence-corrected chi connectivity index (χ2v) is 5.95. The first-order chi connectivity index (χ1) is 12.7. The Morgan fingerprint density at radius 3 is 2.69 bits per heavy atom. The van der Waals surface area contributed by atoms with E-state index in [0.717, 1.165) is 6.07 Å². The van der Waals surface area contributed by atoms with E-state index < -0.39 is 11.6 Å². The van der Waals surface area contributed by atoms with Crippen LogP contribution in [0.25, 0.3) is 11.3 Å². The van der Waals surface area contributed by atoms with Crippen LogP contribution in [0.5, 0.6) is 0 Å². The van der Waals surface area contributed by atoms with Gasteiger partial charge >= 0.3 is 0 Å². The van der Waals surface area contributed by atoms with Crippen molar-refractivity contribution in [2.45, 2.75) is 5.75 Å². The van der Waals surface area contributed by atoms with Crippen molar-refractivity contribution in [2.75, 3.05) is 0 Å². The van der Waals surface area contributed by atoms with Gasteiger partial charge in [-0.25, -0.2) is 8.78 Å². The van der Waals surface area contributed by atoms with Gasteiger partial charge in [0, 0.05) is 0 Å². The highest BCUT2D eigenvalue weighted by atomic mass is 32.2. The molecule has 26 heavy (non-hydrogen) atoms. The Bertz CT molecular complexity index is 985. The lowest BCUT2D eigenvalue weighted by molar-refractivity contribution is 0.503. The number of nitrogens with one attached hydrogen (secondary N) is 3. The standard InChI is InChI=1S/C14H10F2N8OS/c15-8-3-1-2-7(12(8)16)9-4-5-10(25-9)13-19-21-14(22-20-13)26-6-11-17-23-24-18-11/h1-5H,6H2,(H,19,20)(H,21,22)(H,17,18,23,24). The fraction of sp³-hybridized carbons (Fsp3) is 0.0714. The molecule has 3 N–H and O–H groups in total. The second kappa shape index (κ2) is 6.92. The van der Waals surface area contributed by atoms with Crippen molar-refractivity contribution in [3.63, 3.8) is 0 Å². The van der Waals surface area contributed by atoms with E-state index in [-0.39, 0.29) is 11.3 Å². The number of amidine groups is 2. The lowest BCUT2D eigenvalue weighted by Gasteiger charge is -2.12. The molecule has 12 heteroatoms. The van der Waals surface area contributed by atoms with Crippen LogP contribution in [0.2, 0.25) is 0 Å². The number of furan rings is 1. The lowest BCUT2D eigenvalue weighted by atomic mass is 10.1. The average molecular weight is 376 g/mol. The summed E-state index contributed by atoms with van der Waals surface area (Å²) in [6, 6.07) is 7.00. The maximum absolute atomic E-state index is 13.9. The number of hydrazone groups is 2. The van der Waals surface area contributed by atoms with E-state index in [0.29, 0.717) is 28.3 Å². The minimum absolute atomic E-state index is 0.0282. The highest BCUT2D eigenvalue weighted by Crippen LogP contribution is 2.26. The lowest BCUT2D eigenvalue weighted by Crippen LogP contribution is -2.32. The van der Waals surface area contributed by atoms with Crippen LogP contribution in [-0.4, -0.2) is 31.6 Å². The number of thioether (sulfide) groups is 1. The minimum Gasteiger partial charge on any atom is -0.453 e. The van der Waals surface area contributed by atoms with Crippen molar-refractivity contribution < 1.29 is 13.2 Å². The summed E-state index contributed by atoms with van der Waals surface area (Å²) in [4.78, 5) is 0. The molecule has 3 aromatic rings. The quantitative estimate of drug-likeness (QED) is 0.636. The van der Waals surface area contributed by atoms with Crippen LogP contribution in [0.3, 0.4) is 0 Å². The Balaban J connectivity index is 1.43. The van der Waals surface area contributed by atoms with E-state index in [9.17, 15) is 8.78 Å². The Labute approximate surface area is 148 Å². The largest absolute Gasteiger partial charge is 0.453 e. The molecule has 0 amide bonds. The van der Waals surface area contributed by atoms with Crippen LogP contribution in [0.4, 0.5) is 8.78 Å². The third kappa shape index (κ3) is 3.26. The van der Waals surface area contributed by atoms with Gasteiger partial charge in [0.15, 0.2) is 23.2 Å². The third-order valence-corrected chi connectivity index (χ3v) is 4.17. The molecule has 0 atom stereocenters. The predicted molar refractivity (Wildman–Crippen MR) is 89.8 cm³/mol. The van der Waals surface area contributed by atoms with E-state index in [4.69, 9.17) is 4.42 Å². The average Bonchev–Trinajstić information content (AvgIpc) is 3.35. The van der Waals surface area contributed by atoms with Gasteiger partial charge in [-0.1, -0.05) is 23.0 Å². The monoisotopic (exact) mass is 376 g/mol. The molecule has 1 aromatic carbocycles. The molecule has 3 heterocycles. The maximum atomic E-state index is 13.9. The fourth-order valence-corrected chi connectivity index (χ4v) is 2.72. The summed E-state index contributed by atoms with van der Waals surface area (Å²) in [5.74, 6) is -0.117. The number of hydrogen-bond acceptors (Lipinski definition) is 9. The van der Waals surface area contributed by atoms with Gasteiger partial charge in [0.05, 0.1) is 11.3 Å². The zero-order valence-electron chi connectivity index (χ0n) is 12.9. The van der Waals surface area contributed by atoms with Crippen molar-refractivity contribution in [1.82, 2.24) is 31.5 Å². The Kier molecular flexibility index (Phi) is 4.31. The summed E-state index contributed by atoms with van der Waals surface area (Å²) in [7, 11) is 0. The normalized spacial score (nSPS) is 13.6. The summed E-state index contributed by atoms with van der Waals surface area (Å²) in [5, 5.41) is 22.2. The molecule has 4 rings (SSSR count). The summed E-state index contributed by atoms with van der Waals surface area (Å²) < 4.78 is 32.8. The summed E-state index contributed by atoms with van der Waals surface area (Å²) in [6.45, 7) is 0. The van der Waals surface area contributed by atoms with Gasteiger partial charge in [-0.3, -0.25) is 10.9 Å². The molecular formula is C14H10F2N8OS. The predicted octanol–water partition coefficient (Wildman–Crippen LogP) is 1.80. The molecule has 0 bridgehead atoms. The summed E-state index contributed by atoms with van der Waals surface area (Å²) >= 11 is 1.32. The van der Waals surface area contributed by atoms with Gasteiger partial charge in [-0.2, -0.15) is 5.21 Å². The van der Waals surface area contributed by atoms with Gasteiger partial charge in [0.25, 0.3) is 0 Å². The second-order valence-electron chi connectivity index (χ2n) is 4.98. The maximum Gasteiger partial charge on any atom is 0.209 e. The number of rotatable bonds is 4. The van der Waals surface area contributed by atoms with Crippen molar-refractivity contribution in [2.24, 2.45) is 10.2 Å². The van der Waals surface area contributed by atoms with Gasteiger partial charge in [-0.15, -0.1) is 20.4 Å². The molecule has 0 saturated heterocycles. The van der Waals surface area contributed by atoms with Crippen LogP contribution in [0.15, 0.2) is 45.0 Å². The molecule has 0 radical (unpaired) electrons. The Morgan fingerprint density at radius 2 is 1.92 bits per heavy atom. The first kappa shape index (κ1) is 16.2. The van der Waals surface area contributed by atoms with E-state index in [2.05, 4.69) is 41.7 Å². The smallest absolute Gasteiger partial charge is 0.209 e. The van der Waals surface area contributed by atoms with Crippen molar-refractivity contribution >= 4 is 22.8 Å². The van der Waals surface area contributed by atoms with E-state index in [1.54, 1.807) is 6.07 Å². The van der Waals surface area contributed by atoms with Gasteiger partial charge < -0.3 is 4.42 Å². The number of halogens is 2. The highest BCUT2D eigenvalue weighted by Gasteiger charge is 2.17. The molecular weight excluding hydrogens is 366 g/mol. The first-order valence-electron chi connectivity index (χ1n) is 7.28. The van der Waals surface area contributed by atoms with Gasteiger partial charge in [-0.05, 0) is 24.3 Å². The molecule has 0 fully saturated rings. The highest BCUT2D eigenvalue weighted by molar-refractivity contribution is 8.13. The molecule has 2 aromatic heterocycles. The summed E-state index contributed by atoms with van der Waals surface area (Å²) in [6.07, 6.45) is 0. The molecule has 0 spiro atoms. The number of benzene rings is 1. The van der Waals surface area contributed by atoms with Crippen LogP contribution in [0, 0.1) is 11.6 Å². The number of aromatic amines is 1. The molecule has 0 unspecified atom stereocenters. The summed E-state index contributed by atoms with van der Waals surface area (Å²) in [5.41, 5.74) is 5.52. The molecule has 1 aliphatic heterocycles. The number of tetrazole rings is 1. The van der Waals surface area contributed by atoms with E-state index >= 15 is 0 Å². The third-order valence-electron chi connectivity index (χ3n) is 3.31.